The Balaban J connectivity index is 1.45. The third kappa shape index (κ3) is 3.38. The van der Waals surface area contributed by atoms with Crippen LogP contribution in [0.5, 0.6) is 0 Å². The Kier molecular flexibility index (Phi) is 4.86. The first-order valence-electron chi connectivity index (χ1n) is 9.55. The molecule has 0 unspecified atom stereocenters. The second-order valence-corrected chi connectivity index (χ2v) is 7.12. The van der Waals surface area contributed by atoms with Gasteiger partial charge in [0.05, 0.1) is 5.56 Å². The van der Waals surface area contributed by atoms with Gasteiger partial charge in [-0.2, -0.15) is 0 Å². The van der Waals surface area contributed by atoms with Gasteiger partial charge in [0, 0.05) is 30.9 Å². The lowest BCUT2D eigenvalue weighted by molar-refractivity contribution is -0.126. The maximum Gasteiger partial charge on any atom is 0.338 e. The van der Waals surface area contributed by atoms with E-state index in [0.717, 1.165) is 24.1 Å². The fourth-order valence-corrected chi connectivity index (χ4v) is 3.79. The van der Waals surface area contributed by atoms with Gasteiger partial charge in [0.1, 0.15) is 0 Å². The summed E-state index contributed by atoms with van der Waals surface area (Å²) in [5, 5.41) is 0. The Hall–Kier alpha value is -3.15. The standard InChI is InChI=1S/C22H22N2O4/c1-15(21(26)24-13-11-16-6-2-3-9-19(16)24)28-22(27)17-7-4-8-18(14-17)23-12-5-10-20(23)25/h2-4,6-9,14-15H,5,10-13H2,1H3/t15-/m0/s1. The van der Waals surface area contributed by atoms with Gasteiger partial charge >= 0.3 is 5.97 Å². The minimum absolute atomic E-state index is 0.0572. The fourth-order valence-electron chi connectivity index (χ4n) is 3.79. The van der Waals surface area contributed by atoms with Crippen molar-refractivity contribution in [2.24, 2.45) is 0 Å². The van der Waals surface area contributed by atoms with Gasteiger partial charge in [-0.15, -0.1) is 0 Å². The van der Waals surface area contributed by atoms with Crippen LogP contribution in [0.1, 0.15) is 35.7 Å². The lowest BCUT2D eigenvalue weighted by Crippen LogP contribution is -2.39. The number of para-hydroxylation sites is 1. The molecule has 0 saturated carbocycles. The number of carbonyl (C=O) groups excluding carboxylic acids is 3. The molecule has 2 aliphatic rings. The molecule has 2 aromatic carbocycles. The van der Waals surface area contributed by atoms with Crippen molar-refractivity contribution in [1.82, 2.24) is 0 Å². The van der Waals surface area contributed by atoms with Crippen LogP contribution in [0, 0.1) is 0 Å². The molecule has 6 nitrogen and oxygen atoms in total. The van der Waals surface area contributed by atoms with E-state index in [2.05, 4.69) is 0 Å². The Morgan fingerprint density at radius 3 is 2.64 bits per heavy atom. The van der Waals surface area contributed by atoms with Crippen LogP contribution in [0.25, 0.3) is 0 Å². The summed E-state index contributed by atoms with van der Waals surface area (Å²) in [5.74, 6) is -0.743. The average molecular weight is 378 g/mol. The van der Waals surface area contributed by atoms with E-state index >= 15 is 0 Å². The summed E-state index contributed by atoms with van der Waals surface area (Å²) in [5.41, 5.74) is 3.02. The number of fused-ring (bicyclic) bond motifs is 1. The van der Waals surface area contributed by atoms with Crippen LogP contribution in [0.4, 0.5) is 11.4 Å². The first-order valence-corrected chi connectivity index (χ1v) is 9.55. The molecule has 6 heteroatoms. The molecule has 0 aliphatic carbocycles. The van der Waals surface area contributed by atoms with E-state index in [9.17, 15) is 14.4 Å². The highest BCUT2D eigenvalue weighted by Crippen LogP contribution is 2.28. The number of anilines is 2. The van der Waals surface area contributed by atoms with Gasteiger partial charge in [0.15, 0.2) is 6.10 Å². The number of amides is 2. The fraction of sp³-hybridized carbons (Fsp3) is 0.318. The van der Waals surface area contributed by atoms with E-state index in [1.54, 1.807) is 41.0 Å². The van der Waals surface area contributed by atoms with Crippen LogP contribution in [-0.4, -0.2) is 37.0 Å². The molecule has 144 valence electrons. The second kappa shape index (κ2) is 7.46. The maximum absolute atomic E-state index is 12.8. The summed E-state index contributed by atoms with van der Waals surface area (Å²) in [4.78, 5) is 40.6. The van der Waals surface area contributed by atoms with E-state index in [1.165, 1.54) is 0 Å². The van der Waals surface area contributed by atoms with Crippen LogP contribution in [-0.2, 0) is 20.7 Å². The molecule has 1 atom stereocenters. The van der Waals surface area contributed by atoms with E-state index in [0.29, 0.717) is 30.8 Å². The monoisotopic (exact) mass is 378 g/mol. The summed E-state index contributed by atoms with van der Waals surface area (Å²) in [6, 6.07) is 14.6. The van der Waals surface area contributed by atoms with Crippen LogP contribution < -0.4 is 9.80 Å². The van der Waals surface area contributed by atoms with Crippen molar-refractivity contribution in [1.29, 1.82) is 0 Å². The zero-order valence-electron chi connectivity index (χ0n) is 15.8. The summed E-state index contributed by atoms with van der Waals surface area (Å²) in [6.45, 7) is 2.84. The minimum atomic E-state index is -0.893. The second-order valence-electron chi connectivity index (χ2n) is 7.12. The molecule has 28 heavy (non-hydrogen) atoms. The summed E-state index contributed by atoms with van der Waals surface area (Å²) in [6.07, 6.45) is 1.25. The van der Waals surface area contributed by atoms with Crippen molar-refractivity contribution in [3.05, 3.63) is 59.7 Å². The molecule has 1 saturated heterocycles. The van der Waals surface area contributed by atoms with Crippen LogP contribution in [0.3, 0.4) is 0 Å². The molecule has 0 N–H and O–H groups in total. The molecule has 0 aromatic heterocycles. The number of nitrogens with zero attached hydrogens (tertiary/aromatic N) is 2. The number of hydrogen-bond acceptors (Lipinski definition) is 4. The number of ether oxygens (including phenoxy) is 1. The predicted molar refractivity (Wildman–Crippen MR) is 105 cm³/mol. The predicted octanol–water partition coefficient (Wildman–Crippen LogP) is 2.95. The molecule has 2 amide bonds. The van der Waals surface area contributed by atoms with E-state index < -0.39 is 12.1 Å². The van der Waals surface area contributed by atoms with Crippen molar-refractivity contribution >= 4 is 29.2 Å². The lowest BCUT2D eigenvalue weighted by Gasteiger charge is -2.22. The molecule has 0 spiro atoms. The SMILES string of the molecule is C[C@H](OC(=O)c1cccc(N2CCCC2=O)c1)C(=O)N1CCc2ccccc21. The smallest absolute Gasteiger partial charge is 0.338 e. The molecule has 0 bridgehead atoms. The van der Waals surface area contributed by atoms with Crippen molar-refractivity contribution in [3.63, 3.8) is 0 Å². The number of benzene rings is 2. The summed E-state index contributed by atoms with van der Waals surface area (Å²) < 4.78 is 5.44. The van der Waals surface area contributed by atoms with E-state index in [1.807, 2.05) is 24.3 Å². The molecule has 1 fully saturated rings. The van der Waals surface area contributed by atoms with Gasteiger partial charge in [0.2, 0.25) is 5.91 Å². The highest BCUT2D eigenvalue weighted by molar-refractivity contribution is 6.01. The third-order valence-corrected chi connectivity index (χ3v) is 5.25. The first-order chi connectivity index (χ1) is 13.5. The zero-order chi connectivity index (χ0) is 19.7. The lowest BCUT2D eigenvalue weighted by atomic mass is 10.2. The Morgan fingerprint density at radius 2 is 1.86 bits per heavy atom. The Bertz CT molecular complexity index is 940. The first kappa shape index (κ1) is 18.2. The van der Waals surface area contributed by atoms with Gasteiger partial charge in [-0.05, 0) is 49.6 Å². The molecular weight excluding hydrogens is 356 g/mol. The van der Waals surface area contributed by atoms with Gasteiger partial charge in [-0.1, -0.05) is 24.3 Å². The number of rotatable bonds is 4. The quantitative estimate of drug-likeness (QED) is 0.767. The number of hydrogen-bond donors (Lipinski definition) is 0. The van der Waals surface area contributed by atoms with Gasteiger partial charge in [-0.3, -0.25) is 9.59 Å². The third-order valence-electron chi connectivity index (χ3n) is 5.25. The largest absolute Gasteiger partial charge is 0.449 e. The summed E-state index contributed by atoms with van der Waals surface area (Å²) >= 11 is 0. The maximum atomic E-state index is 12.8. The molecular formula is C22H22N2O4. The molecule has 0 radical (unpaired) electrons. The van der Waals surface area contributed by atoms with Gasteiger partial charge < -0.3 is 14.5 Å². The molecule has 2 heterocycles. The Labute approximate surface area is 163 Å². The van der Waals surface area contributed by atoms with Crippen LogP contribution >= 0.6 is 0 Å². The highest BCUT2D eigenvalue weighted by atomic mass is 16.5. The van der Waals surface area contributed by atoms with Crippen molar-refractivity contribution in [3.8, 4) is 0 Å². The zero-order valence-corrected chi connectivity index (χ0v) is 15.8. The van der Waals surface area contributed by atoms with E-state index in [-0.39, 0.29) is 11.8 Å². The number of esters is 1. The van der Waals surface area contributed by atoms with Crippen LogP contribution in [0.15, 0.2) is 48.5 Å². The topological polar surface area (TPSA) is 66.9 Å². The van der Waals surface area contributed by atoms with Crippen LogP contribution in [0.2, 0.25) is 0 Å². The minimum Gasteiger partial charge on any atom is -0.449 e. The molecule has 2 aromatic rings. The number of carbonyl (C=O) groups is 3. The average Bonchev–Trinajstić information content (AvgIpc) is 3.33. The highest BCUT2D eigenvalue weighted by Gasteiger charge is 2.30. The van der Waals surface area contributed by atoms with Gasteiger partial charge in [0.25, 0.3) is 5.91 Å². The van der Waals surface area contributed by atoms with Crippen molar-refractivity contribution in [2.75, 3.05) is 22.9 Å². The van der Waals surface area contributed by atoms with Crippen molar-refractivity contribution < 1.29 is 19.1 Å². The van der Waals surface area contributed by atoms with Crippen molar-refractivity contribution in [2.45, 2.75) is 32.3 Å². The molecule has 2 aliphatic heterocycles. The van der Waals surface area contributed by atoms with E-state index in [4.69, 9.17) is 4.74 Å². The van der Waals surface area contributed by atoms with Gasteiger partial charge in [-0.25, -0.2) is 4.79 Å². The normalized spacial score (nSPS) is 16.8. The Morgan fingerprint density at radius 1 is 1.04 bits per heavy atom. The molecule has 4 rings (SSSR count). The summed E-state index contributed by atoms with van der Waals surface area (Å²) in [7, 11) is 0.